The normalized spacial score (nSPS) is 12.9. The second-order valence-electron chi connectivity index (χ2n) is 8.16. The largest absolute Gasteiger partial charge is 0.465 e. The van der Waals surface area contributed by atoms with E-state index in [0.717, 1.165) is 4.88 Å². The monoisotopic (exact) mass is 577 g/mol. The number of hydrogen-bond acceptors (Lipinski definition) is 8. The molecule has 0 saturated heterocycles. The van der Waals surface area contributed by atoms with Gasteiger partial charge in [-0.2, -0.15) is 0 Å². The fourth-order valence-corrected chi connectivity index (χ4v) is 6.33. The molecule has 0 unspecified atom stereocenters. The van der Waals surface area contributed by atoms with E-state index in [4.69, 9.17) is 21.1 Å². The highest BCUT2D eigenvalue weighted by Crippen LogP contribution is 2.38. The summed E-state index contributed by atoms with van der Waals surface area (Å²) in [6.45, 7) is 2.56. The van der Waals surface area contributed by atoms with Crippen molar-refractivity contribution in [1.82, 2.24) is 4.90 Å². The maximum atomic E-state index is 13.1. The highest BCUT2D eigenvalue weighted by molar-refractivity contribution is 7.92. The molecule has 3 aromatic rings. The summed E-state index contributed by atoms with van der Waals surface area (Å²) in [5.74, 6) is -1.16. The molecule has 1 aromatic heterocycles. The molecule has 0 fully saturated rings. The summed E-state index contributed by atoms with van der Waals surface area (Å²) in [6, 6.07) is 11.6. The number of esters is 1. The van der Waals surface area contributed by atoms with Gasteiger partial charge in [0.25, 0.3) is 15.9 Å². The third-order valence-corrected chi connectivity index (χ3v) is 8.48. The van der Waals surface area contributed by atoms with Gasteiger partial charge in [-0.3, -0.25) is 9.52 Å². The first kappa shape index (κ1) is 27.4. The number of sulfonamides is 1. The van der Waals surface area contributed by atoms with Crippen LogP contribution < -0.4 is 10.0 Å². The molecule has 0 spiro atoms. The summed E-state index contributed by atoms with van der Waals surface area (Å²) < 4.78 is 37.9. The predicted molar refractivity (Wildman–Crippen MR) is 143 cm³/mol. The first-order valence-electron chi connectivity index (χ1n) is 11.5. The van der Waals surface area contributed by atoms with Crippen LogP contribution in [-0.2, 0) is 32.5 Å². The van der Waals surface area contributed by atoms with Crippen LogP contribution in [0, 0.1) is 0 Å². The Hall–Kier alpha value is -3.61. The number of amides is 2. The SMILES string of the molecule is CCOC(=O)N1CCc2c(sc(NC(=O)c3cccc(NS(=O)(=O)c4ccc(Cl)cc4)c3)c2C(=O)OC)C1. The lowest BCUT2D eigenvalue weighted by atomic mass is 10.0. The lowest BCUT2D eigenvalue weighted by Gasteiger charge is -2.26. The Morgan fingerprint density at radius 3 is 2.55 bits per heavy atom. The number of halogens is 1. The number of methoxy groups -OCH3 is 1. The topological polar surface area (TPSA) is 131 Å². The lowest BCUT2D eigenvalue weighted by molar-refractivity contribution is 0.0600. The zero-order valence-corrected chi connectivity index (χ0v) is 22.8. The van der Waals surface area contributed by atoms with Crippen LogP contribution in [0.5, 0.6) is 0 Å². The molecular formula is C25H24ClN3O7S2. The zero-order chi connectivity index (χ0) is 27.4. The number of hydrogen-bond donors (Lipinski definition) is 2. The van der Waals surface area contributed by atoms with E-state index in [2.05, 4.69) is 10.0 Å². The Bertz CT molecular complexity index is 1490. The Kier molecular flexibility index (Phi) is 8.24. The average Bonchev–Trinajstić information content (AvgIpc) is 3.25. The van der Waals surface area contributed by atoms with Crippen molar-refractivity contribution in [2.75, 3.05) is 30.3 Å². The van der Waals surface area contributed by atoms with Gasteiger partial charge in [0.15, 0.2) is 0 Å². The first-order valence-corrected chi connectivity index (χ1v) is 14.1. The summed E-state index contributed by atoms with van der Waals surface area (Å²) in [5, 5.41) is 3.43. The van der Waals surface area contributed by atoms with Crippen molar-refractivity contribution in [1.29, 1.82) is 0 Å². The maximum absolute atomic E-state index is 13.1. The molecule has 38 heavy (non-hydrogen) atoms. The predicted octanol–water partition coefficient (Wildman–Crippen LogP) is 4.76. The van der Waals surface area contributed by atoms with Gasteiger partial charge in [-0.1, -0.05) is 17.7 Å². The molecule has 0 saturated carbocycles. The number of nitrogens with zero attached hydrogens (tertiary/aromatic N) is 1. The summed E-state index contributed by atoms with van der Waals surface area (Å²) in [7, 11) is -2.66. The van der Waals surface area contributed by atoms with Crippen molar-refractivity contribution < 1.29 is 32.3 Å². The zero-order valence-electron chi connectivity index (χ0n) is 20.4. The van der Waals surface area contributed by atoms with Crippen LogP contribution in [0.15, 0.2) is 53.4 Å². The van der Waals surface area contributed by atoms with Crippen molar-refractivity contribution >= 4 is 61.6 Å². The average molecular weight is 578 g/mol. The minimum atomic E-state index is -3.91. The van der Waals surface area contributed by atoms with E-state index >= 15 is 0 Å². The van der Waals surface area contributed by atoms with Crippen LogP contribution >= 0.6 is 22.9 Å². The molecule has 1 aliphatic heterocycles. The molecule has 200 valence electrons. The maximum Gasteiger partial charge on any atom is 0.410 e. The van der Waals surface area contributed by atoms with E-state index in [9.17, 15) is 22.8 Å². The van der Waals surface area contributed by atoms with Gasteiger partial charge < -0.3 is 19.7 Å². The minimum absolute atomic E-state index is 0.0144. The van der Waals surface area contributed by atoms with Gasteiger partial charge in [-0.15, -0.1) is 11.3 Å². The summed E-state index contributed by atoms with van der Waals surface area (Å²) in [5.41, 5.74) is 1.29. The number of thiophene rings is 1. The summed E-state index contributed by atoms with van der Waals surface area (Å²) in [4.78, 5) is 40.2. The number of carbonyl (C=O) groups excluding carboxylic acids is 3. The highest BCUT2D eigenvalue weighted by atomic mass is 35.5. The second-order valence-corrected chi connectivity index (χ2v) is 11.4. The number of nitrogens with one attached hydrogen (secondary N) is 2. The third-order valence-electron chi connectivity index (χ3n) is 5.70. The van der Waals surface area contributed by atoms with Crippen molar-refractivity contribution in [2.24, 2.45) is 0 Å². The van der Waals surface area contributed by atoms with Crippen LogP contribution in [0.25, 0.3) is 0 Å². The quantitative estimate of drug-likeness (QED) is 0.387. The molecule has 2 N–H and O–H groups in total. The molecule has 1 aliphatic rings. The van der Waals surface area contributed by atoms with Gasteiger partial charge in [0.05, 0.1) is 30.7 Å². The van der Waals surface area contributed by atoms with E-state index in [1.807, 2.05) is 0 Å². The van der Waals surface area contributed by atoms with E-state index in [-0.39, 0.29) is 39.9 Å². The Balaban J connectivity index is 1.56. The van der Waals surface area contributed by atoms with Gasteiger partial charge >= 0.3 is 12.1 Å². The molecule has 2 amide bonds. The Labute approximate surface area is 228 Å². The van der Waals surface area contributed by atoms with Gasteiger partial charge in [-0.25, -0.2) is 18.0 Å². The summed E-state index contributed by atoms with van der Waals surface area (Å²) in [6.07, 6.45) is -0.0537. The molecule has 13 heteroatoms. The van der Waals surface area contributed by atoms with Crippen LogP contribution in [0.4, 0.5) is 15.5 Å². The van der Waals surface area contributed by atoms with Crippen LogP contribution in [0.3, 0.4) is 0 Å². The van der Waals surface area contributed by atoms with Crippen LogP contribution in [0.1, 0.15) is 38.1 Å². The molecule has 0 aliphatic carbocycles. The number of anilines is 2. The van der Waals surface area contributed by atoms with Crippen LogP contribution in [-0.4, -0.2) is 51.5 Å². The van der Waals surface area contributed by atoms with E-state index in [1.165, 1.54) is 71.9 Å². The van der Waals surface area contributed by atoms with E-state index in [0.29, 0.717) is 23.6 Å². The van der Waals surface area contributed by atoms with Crippen molar-refractivity contribution in [3.05, 3.63) is 75.1 Å². The van der Waals surface area contributed by atoms with Gasteiger partial charge in [-0.05, 0) is 61.4 Å². The Morgan fingerprint density at radius 1 is 1.13 bits per heavy atom. The molecule has 4 rings (SSSR count). The molecule has 0 atom stereocenters. The number of fused-ring (bicyclic) bond motifs is 1. The third kappa shape index (κ3) is 5.93. The van der Waals surface area contributed by atoms with E-state index in [1.54, 1.807) is 6.92 Å². The molecule has 0 radical (unpaired) electrons. The molecule has 0 bridgehead atoms. The highest BCUT2D eigenvalue weighted by Gasteiger charge is 2.31. The lowest BCUT2D eigenvalue weighted by Crippen LogP contribution is -2.36. The fraction of sp³-hybridized carbons (Fsp3) is 0.240. The number of rotatable bonds is 7. The first-order chi connectivity index (χ1) is 18.1. The van der Waals surface area contributed by atoms with Crippen LogP contribution in [0.2, 0.25) is 5.02 Å². The van der Waals surface area contributed by atoms with Crippen molar-refractivity contribution in [2.45, 2.75) is 24.8 Å². The van der Waals surface area contributed by atoms with Crippen molar-refractivity contribution in [3.63, 3.8) is 0 Å². The number of ether oxygens (including phenoxy) is 2. The number of benzene rings is 2. The van der Waals surface area contributed by atoms with Crippen molar-refractivity contribution in [3.8, 4) is 0 Å². The molecular weight excluding hydrogens is 554 g/mol. The smallest absolute Gasteiger partial charge is 0.410 e. The van der Waals surface area contributed by atoms with Gasteiger partial charge in [0, 0.05) is 27.7 Å². The standard InChI is InChI=1S/C25H24ClN3O7S2/c1-3-36-25(32)29-12-11-19-20(14-29)37-23(21(19)24(31)35-2)27-22(30)15-5-4-6-17(13-15)28-38(33,34)18-9-7-16(26)8-10-18/h4-10,13,28H,3,11-12,14H2,1-2H3,(H,27,30). The second kappa shape index (κ2) is 11.4. The summed E-state index contributed by atoms with van der Waals surface area (Å²) >= 11 is 7.02. The molecule has 10 nitrogen and oxygen atoms in total. The minimum Gasteiger partial charge on any atom is -0.465 e. The van der Waals surface area contributed by atoms with Gasteiger partial charge in [0.1, 0.15) is 5.00 Å². The fourth-order valence-electron chi connectivity index (χ4n) is 3.91. The molecule has 2 heterocycles. The Morgan fingerprint density at radius 2 is 1.87 bits per heavy atom. The van der Waals surface area contributed by atoms with Gasteiger partial charge in [0.2, 0.25) is 0 Å². The number of carbonyl (C=O) groups is 3. The molecule has 2 aromatic carbocycles. The van der Waals surface area contributed by atoms with E-state index < -0.39 is 28.0 Å².